The first-order chi connectivity index (χ1) is 13.9. The van der Waals surface area contributed by atoms with Crippen molar-refractivity contribution in [1.82, 2.24) is 14.8 Å². The first-order valence-corrected chi connectivity index (χ1v) is 9.43. The lowest BCUT2D eigenvalue weighted by molar-refractivity contribution is 0.0530. The van der Waals surface area contributed by atoms with Crippen LogP contribution in [0, 0.1) is 6.92 Å². The summed E-state index contributed by atoms with van der Waals surface area (Å²) in [4.78, 5) is 44.1. The molecule has 1 fully saturated rings. The fourth-order valence-electron chi connectivity index (χ4n) is 3.28. The Kier molecular flexibility index (Phi) is 6.11. The van der Waals surface area contributed by atoms with Crippen molar-refractivity contribution in [2.45, 2.75) is 13.8 Å². The largest absolute Gasteiger partial charge is 0.493 e. The van der Waals surface area contributed by atoms with Crippen LogP contribution in [0.2, 0.25) is 0 Å². The van der Waals surface area contributed by atoms with E-state index in [1.54, 1.807) is 34.9 Å². The molecule has 2 amide bonds. The number of carboxylic acids is 1. The van der Waals surface area contributed by atoms with Gasteiger partial charge in [0.15, 0.2) is 0 Å². The lowest BCUT2D eigenvalue weighted by Crippen LogP contribution is -2.50. The number of carbonyl (C=O) groups is 3. The molecule has 152 valence electrons. The molecule has 1 N–H and O–H groups in total. The van der Waals surface area contributed by atoms with E-state index in [-0.39, 0.29) is 23.1 Å². The van der Waals surface area contributed by atoms with Gasteiger partial charge in [0.1, 0.15) is 11.4 Å². The van der Waals surface area contributed by atoms with Crippen molar-refractivity contribution < 1.29 is 24.2 Å². The van der Waals surface area contributed by atoms with Gasteiger partial charge in [-0.05, 0) is 38.1 Å². The maximum absolute atomic E-state index is 12.9. The number of para-hydroxylation sites is 1. The Balaban J connectivity index is 1.66. The fraction of sp³-hybridized carbons (Fsp3) is 0.333. The van der Waals surface area contributed by atoms with E-state index in [9.17, 15) is 14.4 Å². The number of carbonyl (C=O) groups excluding carboxylic acids is 2. The number of aromatic nitrogens is 1. The van der Waals surface area contributed by atoms with E-state index in [1.165, 1.54) is 12.1 Å². The SMILES string of the molecule is CCOc1ccccc1C(=O)N1CCN(C(=O)c2ccc(C(=O)O)c(C)n2)CC1. The van der Waals surface area contributed by atoms with Gasteiger partial charge in [0.2, 0.25) is 0 Å². The molecular formula is C21H23N3O5. The third-order valence-corrected chi connectivity index (χ3v) is 4.81. The number of benzene rings is 1. The molecule has 0 unspecified atom stereocenters. The maximum Gasteiger partial charge on any atom is 0.337 e. The van der Waals surface area contributed by atoms with Crippen LogP contribution in [-0.2, 0) is 0 Å². The molecule has 2 aromatic rings. The second-order valence-electron chi connectivity index (χ2n) is 6.65. The summed E-state index contributed by atoms with van der Waals surface area (Å²) < 4.78 is 5.54. The summed E-state index contributed by atoms with van der Waals surface area (Å²) in [7, 11) is 0. The number of nitrogens with zero attached hydrogens (tertiary/aromatic N) is 3. The first kappa shape index (κ1) is 20.3. The molecular weight excluding hydrogens is 374 g/mol. The van der Waals surface area contributed by atoms with Gasteiger partial charge >= 0.3 is 5.97 Å². The number of pyridine rings is 1. The van der Waals surface area contributed by atoms with Crippen LogP contribution >= 0.6 is 0 Å². The summed E-state index contributed by atoms with van der Waals surface area (Å²) in [6, 6.07) is 9.94. The molecule has 0 radical (unpaired) electrons. The van der Waals surface area contributed by atoms with Crippen LogP contribution in [-0.4, -0.2) is 70.5 Å². The highest BCUT2D eigenvalue weighted by Gasteiger charge is 2.27. The summed E-state index contributed by atoms with van der Waals surface area (Å²) in [5.74, 6) is -0.919. The van der Waals surface area contributed by atoms with E-state index < -0.39 is 5.97 Å². The number of ether oxygens (including phenoxy) is 1. The zero-order chi connectivity index (χ0) is 21.0. The van der Waals surface area contributed by atoms with Crippen molar-refractivity contribution in [1.29, 1.82) is 0 Å². The predicted octanol–water partition coefficient (Wildman–Crippen LogP) is 2.09. The number of rotatable bonds is 5. The average molecular weight is 397 g/mol. The molecule has 8 heteroatoms. The van der Waals surface area contributed by atoms with Gasteiger partial charge in [-0.2, -0.15) is 0 Å². The Labute approximate surface area is 168 Å². The highest BCUT2D eigenvalue weighted by molar-refractivity contribution is 5.97. The molecule has 0 aliphatic carbocycles. The van der Waals surface area contributed by atoms with Gasteiger partial charge in [-0.3, -0.25) is 9.59 Å². The molecule has 0 bridgehead atoms. The molecule has 1 saturated heterocycles. The molecule has 1 aromatic carbocycles. The number of amides is 2. The number of hydrogen-bond donors (Lipinski definition) is 1. The Hall–Kier alpha value is -3.42. The zero-order valence-corrected chi connectivity index (χ0v) is 16.4. The van der Waals surface area contributed by atoms with Gasteiger partial charge < -0.3 is 19.6 Å². The van der Waals surface area contributed by atoms with E-state index in [0.29, 0.717) is 49.8 Å². The smallest absolute Gasteiger partial charge is 0.337 e. The number of aromatic carboxylic acids is 1. The van der Waals surface area contributed by atoms with Gasteiger partial charge in [-0.15, -0.1) is 0 Å². The molecule has 0 atom stereocenters. The quantitative estimate of drug-likeness (QED) is 0.829. The van der Waals surface area contributed by atoms with Crippen LogP contribution in [0.5, 0.6) is 5.75 Å². The van der Waals surface area contributed by atoms with Gasteiger partial charge in [0.05, 0.1) is 23.4 Å². The number of hydrogen-bond acceptors (Lipinski definition) is 5. The van der Waals surface area contributed by atoms with Crippen LogP contribution in [0.25, 0.3) is 0 Å². The lowest BCUT2D eigenvalue weighted by atomic mass is 10.1. The van der Waals surface area contributed by atoms with E-state index in [1.807, 2.05) is 13.0 Å². The molecule has 0 saturated carbocycles. The Morgan fingerprint density at radius 1 is 0.966 bits per heavy atom. The Bertz CT molecular complexity index is 936. The van der Waals surface area contributed by atoms with Crippen molar-refractivity contribution in [2.75, 3.05) is 32.8 Å². The monoisotopic (exact) mass is 397 g/mol. The fourth-order valence-corrected chi connectivity index (χ4v) is 3.28. The molecule has 3 rings (SSSR count). The van der Waals surface area contributed by atoms with Crippen LogP contribution in [0.15, 0.2) is 36.4 Å². The Morgan fingerprint density at radius 2 is 1.59 bits per heavy atom. The van der Waals surface area contributed by atoms with Crippen molar-refractivity contribution in [3.05, 3.63) is 58.9 Å². The van der Waals surface area contributed by atoms with Crippen LogP contribution < -0.4 is 4.74 Å². The van der Waals surface area contributed by atoms with Gasteiger partial charge in [0, 0.05) is 26.2 Å². The standard InChI is InChI=1S/C21H23N3O5/c1-3-29-18-7-5-4-6-16(18)19(25)23-10-12-24(13-11-23)20(26)17-9-8-15(21(27)28)14(2)22-17/h4-9H,3,10-13H2,1-2H3,(H,27,28). The maximum atomic E-state index is 12.9. The van der Waals surface area contributed by atoms with Crippen LogP contribution in [0.1, 0.15) is 43.8 Å². The van der Waals surface area contributed by atoms with E-state index >= 15 is 0 Å². The van der Waals surface area contributed by atoms with Crippen molar-refractivity contribution in [2.24, 2.45) is 0 Å². The van der Waals surface area contributed by atoms with E-state index in [4.69, 9.17) is 9.84 Å². The summed E-state index contributed by atoms with van der Waals surface area (Å²) in [6.45, 7) is 5.46. The summed E-state index contributed by atoms with van der Waals surface area (Å²) >= 11 is 0. The molecule has 8 nitrogen and oxygen atoms in total. The lowest BCUT2D eigenvalue weighted by Gasteiger charge is -2.34. The average Bonchev–Trinajstić information content (AvgIpc) is 2.73. The minimum atomic E-state index is -1.08. The molecule has 1 aliphatic heterocycles. The minimum Gasteiger partial charge on any atom is -0.493 e. The normalized spacial score (nSPS) is 13.9. The second-order valence-corrected chi connectivity index (χ2v) is 6.65. The third-order valence-electron chi connectivity index (χ3n) is 4.81. The van der Waals surface area contributed by atoms with E-state index in [2.05, 4.69) is 4.98 Å². The number of carboxylic acid groups (broad SMARTS) is 1. The van der Waals surface area contributed by atoms with Crippen molar-refractivity contribution >= 4 is 17.8 Å². The molecule has 0 spiro atoms. The first-order valence-electron chi connectivity index (χ1n) is 9.43. The molecule has 1 aliphatic rings. The minimum absolute atomic E-state index is 0.0740. The topological polar surface area (TPSA) is 100 Å². The predicted molar refractivity (Wildman–Crippen MR) is 105 cm³/mol. The summed E-state index contributed by atoms with van der Waals surface area (Å²) in [5, 5.41) is 9.09. The van der Waals surface area contributed by atoms with Gasteiger partial charge in [-0.1, -0.05) is 12.1 Å². The molecule has 2 heterocycles. The van der Waals surface area contributed by atoms with E-state index in [0.717, 1.165) is 0 Å². The molecule has 1 aromatic heterocycles. The summed E-state index contributed by atoms with van der Waals surface area (Å²) in [6.07, 6.45) is 0. The number of piperazine rings is 1. The summed E-state index contributed by atoms with van der Waals surface area (Å²) in [5.41, 5.74) is 1.08. The molecule has 29 heavy (non-hydrogen) atoms. The number of aryl methyl sites for hydroxylation is 1. The van der Waals surface area contributed by atoms with Crippen molar-refractivity contribution in [3.63, 3.8) is 0 Å². The van der Waals surface area contributed by atoms with Crippen LogP contribution in [0.3, 0.4) is 0 Å². The second kappa shape index (κ2) is 8.72. The highest BCUT2D eigenvalue weighted by Crippen LogP contribution is 2.21. The van der Waals surface area contributed by atoms with Gasteiger partial charge in [-0.25, -0.2) is 9.78 Å². The van der Waals surface area contributed by atoms with Crippen LogP contribution in [0.4, 0.5) is 0 Å². The third kappa shape index (κ3) is 4.37. The zero-order valence-electron chi connectivity index (χ0n) is 16.4. The van der Waals surface area contributed by atoms with Gasteiger partial charge in [0.25, 0.3) is 11.8 Å². The Morgan fingerprint density at radius 3 is 2.17 bits per heavy atom. The highest BCUT2D eigenvalue weighted by atomic mass is 16.5. The van der Waals surface area contributed by atoms with Crippen molar-refractivity contribution in [3.8, 4) is 5.75 Å².